The fraction of sp³-hybridized carbons (Fsp3) is 1.00. The van der Waals surface area contributed by atoms with Crippen LogP contribution in [0.5, 0.6) is 0 Å². The van der Waals surface area contributed by atoms with Crippen molar-refractivity contribution < 1.29 is 4.74 Å². The van der Waals surface area contributed by atoms with Crippen molar-refractivity contribution in [2.24, 2.45) is 17.8 Å². The summed E-state index contributed by atoms with van der Waals surface area (Å²) in [4.78, 5) is 0. The van der Waals surface area contributed by atoms with Crippen molar-refractivity contribution in [1.82, 2.24) is 5.32 Å². The topological polar surface area (TPSA) is 21.3 Å². The number of nitrogens with one attached hydrogen (secondary N) is 1. The Morgan fingerprint density at radius 2 is 1.88 bits per heavy atom. The van der Waals surface area contributed by atoms with Gasteiger partial charge in [0.15, 0.2) is 0 Å². The normalized spacial score (nSPS) is 36.8. The van der Waals surface area contributed by atoms with Crippen LogP contribution in [0.1, 0.15) is 46.0 Å². The number of ether oxygens (including phenoxy) is 1. The molecule has 0 aromatic carbocycles. The zero-order chi connectivity index (χ0) is 11.4. The third-order valence-electron chi connectivity index (χ3n) is 4.65. The fourth-order valence-electron chi connectivity index (χ4n) is 3.62. The van der Waals surface area contributed by atoms with Gasteiger partial charge in [0.1, 0.15) is 0 Å². The van der Waals surface area contributed by atoms with Crippen LogP contribution in [0, 0.1) is 17.8 Å². The summed E-state index contributed by atoms with van der Waals surface area (Å²) >= 11 is 0. The van der Waals surface area contributed by atoms with E-state index in [1.807, 2.05) is 0 Å². The molecule has 2 heteroatoms. The summed E-state index contributed by atoms with van der Waals surface area (Å²) in [5.74, 6) is 2.77. The van der Waals surface area contributed by atoms with Crippen molar-refractivity contribution in [3.8, 4) is 0 Å². The minimum atomic E-state index is 0.785. The van der Waals surface area contributed by atoms with Crippen LogP contribution in [0.15, 0.2) is 0 Å². The monoisotopic (exact) mass is 225 g/mol. The smallest absolute Gasteiger partial charge is 0.0468 e. The second kappa shape index (κ2) is 6.02. The van der Waals surface area contributed by atoms with E-state index in [0.717, 1.165) is 37.0 Å². The van der Waals surface area contributed by atoms with Gasteiger partial charge in [-0.15, -0.1) is 0 Å². The van der Waals surface area contributed by atoms with Gasteiger partial charge >= 0.3 is 0 Å². The van der Waals surface area contributed by atoms with Gasteiger partial charge in [-0.25, -0.2) is 0 Å². The Kier molecular flexibility index (Phi) is 4.66. The van der Waals surface area contributed by atoms with E-state index in [2.05, 4.69) is 19.2 Å². The highest BCUT2D eigenvalue weighted by atomic mass is 16.5. The molecule has 1 heterocycles. The first-order valence-corrected chi connectivity index (χ1v) is 7.14. The maximum absolute atomic E-state index is 5.47. The molecular formula is C14H27NO. The molecule has 1 N–H and O–H groups in total. The van der Waals surface area contributed by atoms with E-state index >= 15 is 0 Å². The highest BCUT2D eigenvalue weighted by Crippen LogP contribution is 2.40. The van der Waals surface area contributed by atoms with E-state index in [-0.39, 0.29) is 0 Å². The van der Waals surface area contributed by atoms with Crippen molar-refractivity contribution >= 4 is 0 Å². The largest absolute Gasteiger partial charge is 0.381 e. The van der Waals surface area contributed by atoms with Gasteiger partial charge in [0.25, 0.3) is 0 Å². The molecule has 2 fully saturated rings. The number of rotatable bonds is 4. The molecule has 2 rings (SSSR count). The lowest BCUT2D eigenvalue weighted by atomic mass is 9.79. The van der Waals surface area contributed by atoms with Crippen LogP contribution in [0.25, 0.3) is 0 Å². The van der Waals surface area contributed by atoms with Gasteiger partial charge < -0.3 is 10.1 Å². The van der Waals surface area contributed by atoms with Gasteiger partial charge in [0.2, 0.25) is 0 Å². The maximum atomic E-state index is 5.47. The Labute approximate surface area is 100 Å². The van der Waals surface area contributed by atoms with Crippen molar-refractivity contribution in [3.05, 3.63) is 0 Å². The van der Waals surface area contributed by atoms with Crippen LogP contribution in [-0.4, -0.2) is 25.8 Å². The average molecular weight is 225 g/mol. The molecule has 3 unspecified atom stereocenters. The Bertz CT molecular complexity index is 201. The molecule has 2 aliphatic rings. The molecule has 1 saturated heterocycles. The van der Waals surface area contributed by atoms with Crippen LogP contribution in [0.2, 0.25) is 0 Å². The van der Waals surface area contributed by atoms with E-state index in [9.17, 15) is 0 Å². The highest BCUT2D eigenvalue weighted by Gasteiger charge is 2.37. The Balaban J connectivity index is 1.82. The van der Waals surface area contributed by atoms with E-state index in [4.69, 9.17) is 4.74 Å². The number of hydrogen-bond donors (Lipinski definition) is 1. The summed E-state index contributed by atoms with van der Waals surface area (Å²) in [6.07, 6.45) is 6.69. The third-order valence-corrected chi connectivity index (χ3v) is 4.65. The van der Waals surface area contributed by atoms with E-state index in [0.29, 0.717) is 0 Å². The van der Waals surface area contributed by atoms with E-state index in [1.54, 1.807) is 0 Å². The lowest BCUT2D eigenvalue weighted by Gasteiger charge is -2.31. The summed E-state index contributed by atoms with van der Waals surface area (Å²) in [5.41, 5.74) is 0. The van der Waals surface area contributed by atoms with Crippen LogP contribution >= 0.6 is 0 Å². The summed E-state index contributed by atoms with van der Waals surface area (Å²) in [7, 11) is 0. The molecule has 0 aromatic heterocycles. The summed E-state index contributed by atoms with van der Waals surface area (Å²) < 4.78 is 5.47. The van der Waals surface area contributed by atoms with Crippen LogP contribution < -0.4 is 5.32 Å². The predicted molar refractivity (Wildman–Crippen MR) is 67.5 cm³/mol. The van der Waals surface area contributed by atoms with Crippen LogP contribution in [0.4, 0.5) is 0 Å². The summed E-state index contributed by atoms with van der Waals surface area (Å²) in [6, 6.07) is 0.785. The van der Waals surface area contributed by atoms with Gasteiger partial charge in [0.05, 0.1) is 0 Å². The Morgan fingerprint density at radius 1 is 1.12 bits per heavy atom. The minimum absolute atomic E-state index is 0.785. The average Bonchev–Trinajstić information content (AvgIpc) is 2.69. The lowest BCUT2D eigenvalue weighted by Crippen LogP contribution is -2.35. The molecule has 94 valence electrons. The van der Waals surface area contributed by atoms with Gasteiger partial charge in [-0.1, -0.05) is 13.8 Å². The third kappa shape index (κ3) is 2.78. The molecule has 16 heavy (non-hydrogen) atoms. The first-order chi connectivity index (χ1) is 7.83. The highest BCUT2D eigenvalue weighted by molar-refractivity contribution is 4.90. The summed E-state index contributed by atoms with van der Waals surface area (Å²) in [6.45, 7) is 7.90. The molecule has 0 aromatic rings. The molecule has 0 amide bonds. The SMILES string of the molecule is CCCNC1CCC(C2CCOCC2)C1C. The van der Waals surface area contributed by atoms with Gasteiger partial charge in [-0.2, -0.15) is 0 Å². The van der Waals surface area contributed by atoms with Crippen LogP contribution in [0.3, 0.4) is 0 Å². The molecule has 0 spiro atoms. The van der Waals surface area contributed by atoms with Crippen molar-refractivity contribution in [1.29, 1.82) is 0 Å². The van der Waals surface area contributed by atoms with Crippen LogP contribution in [-0.2, 0) is 4.74 Å². The minimum Gasteiger partial charge on any atom is -0.381 e. The van der Waals surface area contributed by atoms with Crippen molar-refractivity contribution in [2.45, 2.75) is 52.0 Å². The molecular weight excluding hydrogens is 198 g/mol. The second-order valence-corrected chi connectivity index (χ2v) is 5.61. The second-order valence-electron chi connectivity index (χ2n) is 5.61. The van der Waals surface area contributed by atoms with Gasteiger partial charge in [-0.05, 0) is 56.4 Å². The Hall–Kier alpha value is -0.0800. The number of hydrogen-bond acceptors (Lipinski definition) is 2. The van der Waals surface area contributed by atoms with Gasteiger partial charge in [-0.3, -0.25) is 0 Å². The molecule has 0 bridgehead atoms. The lowest BCUT2D eigenvalue weighted by molar-refractivity contribution is 0.0393. The molecule has 2 nitrogen and oxygen atoms in total. The van der Waals surface area contributed by atoms with Crippen molar-refractivity contribution in [3.63, 3.8) is 0 Å². The standard InChI is InChI=1S/C14H27NO/c1-3-8-15-14-5-4-13(11(14)2)12-6-9-16-10-7-12/h11-15H,3-10H2,1-2H3. The fourth-order valence-corrected chi connectivity index (χ4v) is 3.62. The first-order valence-electron chi connectivity index (χ1n) is 7.14. The molecule has 1 aliphatic carbocycles. The summed E-state index contributed by atoms with van der Waals surface area (Å²) in [5, 5.41) is 3.72. The first kappa shape index (κ1) is 12.4. The van der Waals surface area contributed by atoms with Gasteiger partial charge in [0, 0.05) is 19.3 Å². The predicted octanol–water partition coefficient (Wildman–Crippen LogP) is 2.83. The molecule has 3 atom stereocenters. The van der Waals surface area contributed by atoms with E-state index in [1.165, 1.54) is 38.6 Å². The van der Waals surface area contributed by atoms with E-state index < -0.39 is 0 Å². The molecule has 1 saturated carbocycles. The maximum Gasteiger partial charge on any atom is 0.0468 e. The quantitative estimate of drug-likeness (QED) is 0.794. The van der Waals surface area contributed by atoms with Crippen molar-refractivity contribution in [2.75, 3.05) is 19.8 Å². The molecule has 0 radical (unpaired) electrons. The zero-order valence-electron chi connectivity index (χ0n) is 10.9. The Morgan fingerprint density at radius 3 is 2.56 bits per heavy atom. The molecule has 1 aliphatic heterocycles. The zero-order valence-corrected chi connectivity index (χ0v) is 10.9.